The van der Waals surface area contributed by atoms with Crippen molar-refractivity contribution < 1.29 is 13.9 Å². The Balaban J connectivity index is 0.00000155. The van der Waals surface area contributed by atoms with E-state index in [1.807, 2.05) is 48.6 Å². The number of ether oxygens (including phenoxy) is 1. The fourth-order valence-electron chi connectivity index (χ4n) is 5.81. The number of hydrogen-bond acceptors (Lipinski definition) is 5. The number of rotatable bonds is 9. The minimum atomic E-state index is -0.495. The van der Waals surface area contributed by atoms with Crippen molar-refractivity contribution in [1.82, 2.24) is 33.6 Å². The molecule has 5 heterocycles. The predicted octanol–water partition coefficient (Wildman–Crippen LogP) is 5.85. The number of fused-ring (bicyclic) bond motifs is 3. The number of nitrogens with zero attached hydrogens (tertiary/aromatic N) is 7. The summed E-state index contributed by atoms with van der Waals surface area (Å²) in [5.41, 5.74) is 5.08. The van der Waals surface area contributed by atoms with E-state index < -0.39 is 5.95 Å². The highest BCUT2D eigenvalue weighted by atomic mass is 19.1. The molecule has 0 unspecified atom stereocenters. The van der Waals surface area contributed by atoms with Gasteiger partial charge in [-0.3, -0.25) is 4.79 Å². The second kappa shape index (κ2) is 11.6. The number of halogens is 1. The molecule has 1 aliphatic heterocycles. The molecular formula is C32H38FN7O2. The van der Waals surface area contributed by atoms with Gasteiger partial charge in [-0.2, -0.15) is 4.39 Å². The van der Waals surface area contributed by atoms with E-state index in [1.54, 1.807) is 4.57 Å². The lowest BCUT2D eigenvalue weighted by atomic mass is 10.0. The second-order valence-electron chi connectivity index (χ2n) is 10.9. The van der Waals surface area contributed by atoms with Crippen LogP contribution in [-0.4, -0.2) is 59.2 Å². The number of imidazole rings is 2. The first-order valence-electron chi connectivity index (χ1n) is 15.1. The number of carbonyl (C=O) groups is 1. The van der Waals surface area contributed by atoms with E-state index in [0.717, 1.165) is 71.0 Å². The van der Waals surface area contributed by atoms with Crippen molar-refractivity contribution in [3.63, 3.8) is 0 Å². The second-order valence-corrected chi connectivity index (χ2v) is 10.9. The lowest BCUT2D eigenvalue weighted by Gasteiger charge is -2.27. The lowest BCUT2D eigenvalue weighted by Crippen LogP contribution is -2.38. The molecule has 0 radical (unpaired) electrons. The van der Waals surface area contributed by atoms with E-state index in [4.69, 9.17) is 14.7 Å². The number of benzene rings is 1. The molecule has 1 aliphatic carbocycles. The fourth-order valence-corrected chi connectivity index (χ4v) is 5.81. The third-order valence-corrected chi connectivity index (χ3v) is 8.01. The van der Waals surface area contributed by atoms with Crippen LogP contribution in [0.2, 0.25) is 0 Å². The zero-order valence-corrected chi connectivity index (χ0v) is 24.8. The molecule has 0 spiro atoms. The van der Waals surface area contributed by atoms with Crippen molar-refractivity contribution in [2.75, 3.05) is 19.7 Å². The van der Waals surface area contributed by atoms with Crippen LogP contribution in [0.25, 0.3) is 33.6 Å². The van der Waals surface area contributed by atoms with Crippen molar-refractivity contribution in [2.45, 2.75) is 59.5 Å². The van der Waals surface area contributed by atoms with Crippen molar-refractivity contribution >= 4 is 28.0 Å². The summed E-state index contributed by atoms with van der Waals surface area (Å²) in [5.74, 6) is 1.79. The molecule has 220 valence electrons. The maximum atomic E-state index is 13.3. The van der Waals surface area contributed by atoms with Crippen LogP contribution in [0.15, 0.2) is 42.9 Å². The minimum absolute atomic E-state index is 0.0489. The molecule has 1 saturated carbocycles. The van der Waals surface area contributed by atoms with Crippen LogP contribution >= 0.6 is 0 Å². The molecule has 0 N–H and O–H groups in total. The Morgan fingerprint density at radius 3 is 2.69 bits per heavy atom. The molecule has 0 bridgehead atoms. The van der Waals surface area contributed by atoms with Gasteiger partial charge in [-0.15, -0.1) is 0 Å². The highest BCUT2D eigenvalue weighted by Crippen LogP contribution is 2.39. The van der Waals surface area contributed by atoms with Gasteiger partial charge in [0.25, 0.3) is 5.91 Å². The first kappa shape index (κ1) is 27.9. The van der Waals surface area contributed by atoms with E-state index in [-0.39, 0.29) is 5.91 Å². The maximum absolute atomic E-state index is 13.3. The van der Waals surface area contributed by atoms with Gasteiger partial charge in [0, 0.05) is 38.5 Å². The highest BCUT2D eigenvalue weighted by molar-refractivity contribution is 5.99. The molecule has 1 fully saturated rings. The normalized spacial score (nSPS) is 14.8. The van der Waals surface area contributed by atoms with Crippen LogP contribution in [0.5, 0.6) is 5.75 Å². The third-order valence-electron chi connectivity index (χ3n) is 8.01. The summed E-state index contributed by atoms with van der Waals surface area (Å²) in [6.45, 7) is 9.32. The van der Waals surface area contributed by atoms with E-state index in [2.05, 4.69) is 28.6 Å². The van der Waals surface area contributed by atoms with Crippen LogP contribution in [0.3, 0.4) is 0 Å². The molecule has 1 aromatic carbocycles. The smallest absolute Gasteiger partial charge is 0.255 e. The summed E-state index contributed by atoms with van der Waals surface area (Å²) < 4.78 is 25.6. The van der Waals surface area contributed by atoms with Crippen LogP contribution in [0.4, 0.5) is 4.39 Å². The van der Waals surface area contributed by atoms with E-state index in [9.17, 15) is 9.18 Å². The summed E-state index contributed by atoms with van der Waals surface area (Å²) in [6, 6.07) is 10.2. The molecule has 2 aliphatic rings. The first-order chi connectivity index (χ1) is 20.5. The Morgan fingerprint density at radius 2 is 1.95 bits per heavy atom. The SMILES string of the molecule is CC.CCCN1CCc2nc3c(cc2C1=O)nc(-c1cc2cccc(OCCn4cnc(F)c4)c2n1CC1CC1)n3C. The number of aryl methyl sites for hydroxylation is 1. The van der Waals surface area contributed by atoms with Crippen molar-refractivity contribution in [3.8, 4) is 17.3 Å². The summed E-state index contributed by atoms with van der Waals surface area (Å²) in [4.78, 5) is 28.7. The average Bonchev–Trinajstić information content (AvgIpc) is 3.48. The Kier molecular flexibility index (Phi) is 7.70. The molecule has 5 aromatic rings. The zero-order valence-electron chi connectivity index (χ0n) is 24.8. The molecule has 7 rings (SSSR count). The Bertz CT molecular complexity index is 1750. The van der Waals surface area contributed by atoms with Crippen LogP contribution in [0, 0.1) is 11.9 Å². The summed E-state index contributed by atoms with van der Waals surface area (Å²) >= 11 is 0. The molecule has 1 amide bonds. The van der Waals surface area contributed by atoms with Gasteiger partial charge in [-0.1, -0.05) is 32.9 Å². The van der Waals surface area contributed by atoms with Gasteiger partial charge < -0.3 is 23.3 Å². The quantitative estimate of drug-likeness (QED) is 0.222. The number of carbonyl (C=O) groups excluding carboxylic acids is 1. The number of hydrogen-bond donors (Lipinski definition) is 0. The predicted molar refractivity (Wildman–Crippen MR) is 161 cm³/mol. The van der Waals surface area contributed by atoms with Crippen LogP contribution in [-0.2, 0) is 26.6 Å². The average molecular weight is 572 g/mol. The number of para-hydroxylation sites is 1. The van der Waals surface area contributed by atoms with Crippen molar-refractivity contribution in [3.05, 3.63) is 60.1 Å². The molecule has 42 heavy (non-hydrogen) atoms. The van der Waals surface area contributed by atoms with E-state index in [1.165, 1.54) is 25.4 Å². The topological polar surface area (TPSA) is 83.0 Å². The van der Waals surface area contributed by atoms with Gasteiger partial charge in [0.15, 0.2) is 11.5 Å². The molecule has 0 saturated heterocycles. The van der Waals surface area contributed by atoms with E-state index >= 15 is 0 Å². The van der Waals surface area contributed by atoms with Crippen molar-refractivity contribution in [1.29, 1.82) is 0 Å². The van der Waals surface area contributed by atoms with E-state index in [0.29, 0.717) is 31.2 Å². The minimum Gasteiger partial charge on any atom is -0.490 e. The maximum Gasteiger partial charge on any atom is 0.255 e. The van der Waals surface area contributed by atoms with Gasteiger partial charge >= 0.3 is 0 Å². The fraction of sp³-hybridized carbons (Fsp3) is 0.438. The summed E-state index contributed by atoms with van der Waals surface area (Å²) in [5, 5.41) is 1.08. The third kappa shape index (κ3) is 5.14. The van der Waals surface area contributed by atoms with Crippen LogP contribution in [0.1, 0.15) is 56.1 Å². The van der Waals surface area contributed by atoms with Gasteiger partial charge in [0.05, 0.1) is 41.5 Å². The molecule has 10 heteroatoms. The summed E-state index contributed by atoms with van der Waals surface area (Å²) in [7, 11) is 2.00. The Hall–Kier alpha value is -4.21. The Labute approximate surface area is 244 Å². The first-order valence-corrected chi connectivity index (χ1v) is 15.1. The molecule has 0 atom stereocenters. The molecule has 4 aromatic heterocycles. The highest BCUT2D eigenvalue weighted by Gasteiger charge is 2.29. The molecule has 9 nitrogen and oxygen atoms in total. The molecular weight excluding hydrogens is 533 g/mol. The van der Waals surface area contributed by atoms with Crippen LogP contribution < -0.4 is 4.74 Å². The number of amides is 1. The Morgan fingerprint density at radius 1 is 1.12 bits per heavy atom. The number of aromatic nitrogens is 6. The number of pyridine rings is 1. The zero-order chi connectivity index (χ0) is 29.4. The van der Waals surface area contributed by atoms with Crippen molar-refractivity contribution in [2.24, 2.45) is 13.0 Å². The lowest BCUT2D eigenvalue weighted by molar-refractivity contribution is 0.0738. The summed E-state index contributed by atoms with van der Waals surface area (Å²) in [6.07, 6.45) is 6.95. The monoisotopic (exact) mass is 571 g/mol. The van der Waals surface area contributed by atoms with Gasteiger partial charge in [0.1, 0.15) is 17.9 Å². The largest absolute Gasteiger partial charge is 0.490 e. The van der Waals surface area contributed by atoms with Gasteiger partial charge in [-0.05, 0) is 43.4 Å². The standard InChI is InChI=1S/C30H32FN7O2.C2H6/c1-3-10-37-11-9-22-21(30(37)39)15-23-28(33-22)35(2)29(34-23)24-14-20-5-4-6-25(27(20)38(24)16-19-7-8-19)40-13-12-36-17-26(31)32-18-36;1-2/h4-6,14-15,17-19H,3,7-13,16H2,1-2H3;1-2H3. The van der Waals surface area contributed by atoms with Gasteiger partial charge in [0.2, 0.25) is 5.95 Å². The van der Waals surface area contributed by atoms with Gasteiger partial charge in [-0.25, -0.2) is 15.0 Å².